The lowest BCUT2D eigenvalue weighted by atomic mass is 9.96. The monoisotopic (exact) mass is 384 g/mol. The Morgan fingerprint density at radius 1 is 1.29 bits per heavy atom. The minimum Gasteiger partial charge on any atom is -0.355 e. The topological polar surface area (TPSA) is 67.1 Å². The van der Waals surface area contributed by atoms with Crippen LogP contribution >= 0.6 is 0 Å². The fourth-order valence-electron chi connectivity index (χ4n) is 3.94. The summed E-state index contributed by atoms with van der Waals surface area (Å²) in [6.45, 7) is 3.17. The second kappa shape index (κ2) is 7.89. The van der Waals surface area contributed by atoms with Gasteiger partial charge in [-0.1, -0.05) is 25.0 Å². The maximum absolute atomic E-state index is 13.7. The van der Waals surface area contributed by atoms with Crippen LogP contribution in [0.3, 0.4) is 0 Å². The van der Waals surface area contributed by atoms with E-state index in [0.717, 1.165) is 42.6 Å². The molecule has 0 saturated heterocycles. The maximum Gasteiger partial charge on any atom is 0.191 e. The Labute approximate surface area is 165 Å². The quantitative estimate of drug-likeness (QED) is 0.594. The van der Waals surface area contributed by atoms with Crippen LogP contribution in [0.15, 0.2) is 29.3 Å². The van der Waals surface area contributed by atoms with E-state index in [1.165, 1.54) is 31.7 Å². The number of hydrogen-bond donors (Lipinski definition) is 2. The number of rotatable bonds is 6. The van der Waals surface area contributed by atoms with Crippen LogP contribution in [0.1, 0.15) is 55.7 Å². The molecule has 1 heterocycles. The Balaban J connectivity index is 1.45. The third kappa shape index (κ3) is 4.18. The summed E-state index contributed by atoms with van der Waals surface area (Å²) in [6.07, 6.45) is 7.03. The van der Waals surface area contributed by atoms with E-state index < -0.39 is 0 Å². The summed E-state index contributed by atoms with van der Waals surface area (Å²) in [5.41, 5.74) is 1.09. The van der Waals surface area contributed by atoms with Crippen molar-refractivity contribution < 1.29 is 4.39 Å². The van der Waals surface area contributed by atoms with Gasteiger partial charge in [-0.15, -0.1) is 10.2 Å². The fourth-order valence-corrected chi connectivity index (χ4v) is 3.94. The van der Waals surface area contributed by atoms with Crippen molar-refractivity contribution in [3.8, 4) is 0 Å². The predicted molar refractivity (Wildman–Crippen MR) is 108 cm³/mol. The van der Waals surface area contributed by atoms with Gasteiger partial charge in [-0.25, -0.2) is 9.38 Å². The molecule has 0 amide bonds. The molecule has 150 valence electrons. The largest absolute Gasteiger partial charge is 0.355 e. The van der Waals surface area contributed by atoms with Gasteiger partial charge in [0.05, 0.1) is 0 Å². The molecule has 2 aliphatic carbocycles. The van der Waals surface area contributed by atoms with Gasteiger partial charge in [-0.3, -0.25) is 0 Å². The number of aryl methyl sites for hydroxylation is 1. The molecule has 28 heavy (non-hydrogen) atoms. The number of aromatic nitrogens is 3. The number of nitrogens with zero attached hydrogens (tertiary/aromatic N) is 4. The molecule has 0 radical (unpaired) electrons. The Morgan fingerprint density at radius 2 is 2.07 bits per heavy atom. The molecule has 0 bridgehead atoms. The van der Waals surface area contributed by atoms with Crippen LogP contribution in [0.5, 0.6) is 0 Å². The van der Waals surface area contributed by atoms with Gasteiger partial charge in [0.25, 0.3) is 0 Å². The van der Waals surface area contributed by atoms with E-state index in [0.29, 0.717) is 12.6 Å². The zero-order valence-corrected chi connectivity index (χ0v) is 16.7. The summed E-state index contributed by atoms with van der Waals surface area (Å²) in [5, 5.41) is 15.4. The Kier molecular flexibility index (Phi) is 5.33. The zero-order valence-electron chi connectivity index (χ0n) is 16.7. The molecule has 2 saturated carbocycles. The molecule has 4 rings (SSSR count). The Morgan fingerprint density at radius 3 is 2.71 bits per heavy atom. The minimum absolute atomic E-state index is 0.0155. The molecule has 0 aliphatic heterocycles. The van der Waals surface area contributed by atoms with Gasteiger partial charge in [-0.2, -0.15) is 0 Å². The Bertz CT molecular complexity index is 848. The van der Waals surface area contributed by atoms with Crippen molar-refractivity contribution in [1.82, 2.24) is 25.4 Å². The van der Waals surface area contributed by atoms with Crippen molar-refractivity contribution in [2.75, 3.05) is 6.54 Å². The molecule has 0 unspecified atom stereocenters. The molecule has 0 atom stereocenters. The van der Waals surface area contributed by atoms with Crippen molar-refractivity contribution >= 4 is 5.96 Å². The van der Waals surface area contributed by atoms with Crippen molar-refractivity contribution in [3.63, 3.8) is 0 Å². The summed E-state index contributed by atoms with van der Waals surface area (Å²) in [5.74, 6) is 2.37. The van der Waals surface area contributed by atoms with Gasteiger partial charge in [0.15, 0.2) is 11.8 Å². The van der Waals surface area contributed by atoms with Crippen LogP contribution in [-0.2, 0) is 19.0 Å². The van der Waals surface area contributed by atoms with Crippen LogP contribution in [-0.4, -0.2) is 33.3 Å². The fraction of sp³-hybridized carbons (Fsp3) is 0.571. The second-order valence-electron chi connectivity index (χ2n) is 8.16. The first-order chi connectivity index (χ1) is 13.6. The standard InChI is InChI=1S/C21H29FN6/c1-15-26-27-19(28(15)2)13-23-20(25-18-8-3-4-9-18)24-14-21(10-11-21)16-6-5-7-17(22)12-16/h5-7,12,18H,3-4,8-11,13-14H2,1-2H3,(H2,23,24,25). The molecule has 7 heteroatoms. The van der Waals surface area contributed by atoms with Crippen LogP contribution in [0, 0.1) is 12.7 Å². The normalized spacial score (nSPS) is 19.0. The van der Waals surface area contributed by atoms with E-state index >= 15 is 0 Å². The molecule has 0 spiro atoms. The van der Waals surface area contributed by atoms with E-state index in [1.54, 1.807) is 12.1 Å². The third-order valence-electron chi connectivity index (χ3n) is 6.14. The highest BCUT2D eigenvalue weighted by atomic mass is 19.1. The summed E-state index contributed by atoms with van der Waals surface area (Å²) in [4.78, 5) is 4.77. The SMILES string of the molecule is Cc1nnc(CN=C(NCC2(c3cccc(F)c3)CC2)NC2CCCC2)n1C. The summed E-state index contributed by atoms with van der Waals surface area (Å²) < 4.78 is 15.6. The van der Waals surface area contributed by atoms with Gasteiger partial charge >= 0.3 is 0 Å². The average molecular weight is 385 g/mol. The molecule has 1 aromatic carbocycles. The zero-order chi connectivity index (χ0) is 19.6. The van der Waals surface area contributed by atoms with Crippen LogP contribution in [0.25, 0.3) is 0 Å². The van der Waals surface area contributed by atoms with Crippen LogP contribution in [0.4, 0.5) is 4.39 Å². The minimum atomic E-state index is -0.167. The highest BCUT2D eigenvalue weighted by Gasteiger charge is 2.44. The first-order valence-corrected chi connectivity index (χ1v) is 10.2. The molecular formula is C21H29FN6. The second-order valence-corrected chi connectivity index (χ2v) is 8.16. The summed E-state index contributed by atoms with van der Waals surface area (Å²) in [6, 6.07) is 7.47. The van der Waals surface area contributed by atoms with Crippen molar-refractivity contribution in [2.24, 2.45) is 12.0 Å². The van der Waals surface area contributed by atoms with Crippen molar-refractivity contribution in [3.05, 3.63) is 47.3 Å². The van der Waals surface area contributed by atoms with Gasteiger partial charge in [0, 0.05) is 25.0 Å². The van der Waals surface area contributed by atoms with E-state index in [4.69, 9.17) is 4.99 Å². The number of hydrogen-bond acceptors (Lipinski definition) is 3. The number of halogens is 1. The number of nitrogens with one attached hydrogen (secondary N) is 2. The highest BCUT2D eigenvalue weighted by Crippen LogP contribution is 2.47. The lowest BCUT2D eigenvalue weighted by Gasteiger charge is -2.21. The lowest BCUT2D eigenvalue weighted by molar-refractivity contribution is 0.584. The smallest absolute Gasteiger partial charge is 0.191 e. The van der Waals surface area contributed by atoms with Gasteiger partial charge < -0.3 is 15.2 Å². The molecule has 2 aliphatic rings. The predicted octanol–water partition coefficient (Wildman–Crippen LogP) is 2.97. The van der Waals surface area contributed by atoms with E-state index in [2.05, 4.69) is 20.8 Å². The summed E-state index contributed by atoms with van der Waals surface area (Å²) in [7, 11) is 1.96. The van der Waals surface area contributed by atoms with Gasteiger partial charge in [0.2, 0.25) is 0 Å². The first kappa shape index (κ1) is 18.9. The van der Waals surface area contributed by atoms with Crippen molar-refractivity contribution in [2.45, 2.75) is 63.5 Å². The highest BCUT2D eigenvalue weighted by molar-refractivity contribution is 5.80. The van der Waals surface area contributed by atoms with Crippen molar-refractivity contribution in [1.29, 1.82) is 0 Å². The lowest BCUT2D eigenvalue weighted by Crippen LogP contribution is -2.45. The molecule has 2 aromatic rings. The summed E-state index contributed by atoms with van der Waals surface area (Å²) >= 11 is 0. The van der Waals surface area contributed by atoms with Gasteiger partial charge in [-0.05, 0) is 50.3 Å². The van der Waals surface area contributed by atoms with E-state index in [-0.39, 0.29) is 11.2 Å². The number of guanidine groups is 1. The maximum atomic E-state index is 13.7. The molecule has 2 fully saturated rings. The number of aliphatic imine (C=N–C) groups is 1. The van der Waals surface area contributed by atoms with E-state index in [1.807, 2.05) is 24.6 Å². The van der Waals surface area contributed by atoms with Gasteiger partial charge in [0.1, 0.15) is 18.2 Å². The van der Waals surface area contributed by atoms with Crippen LogP contribution in [0.2, 0.25) is 0 Å². The molecular weight excluding hydrogens is 355 g/mol. The first-order valence-electron chi connectivity index (χ1n) is 10.2. The van der Waals surface area contributed by atoms with E-state index in [9.17, 15) is 4.39 Å². The molecule has 2 N–H and O–H groups in total. The average Bonchev–Trinajstić information content (AvgIpc) is 3.19. The van der Waals surface area contributed by atoms with Crippen LogP contribution < -0.4 is 10.6 Å². The third-order valence-corrected chi connectivity index (χ3v) is 6.14. The molecule has 1 aromatic heterocycles. The number of benzene rings is 1. The molecule has 6 nitrogen and oxygen atoms in total. The Hall–Kier alpha value is -2.44.